The van der Waals surface area contributed by atoms with Crippen LogP contribution in [0.3, 0.4) is 0 Å². The normalized spacial score (nSPS) is 10.4. The Labute approximate surface area is 141 Å². The Kier molecular flexibility index (Phi) is 4.35. The van der Waals surface area contributed by atoms with E-state index >= 15 is 0 Å². The number of aromatic nitrogens is 1. The summed E-state index contributed by atoms with van der Waals surface area (Å²) in [5.41, 5.74) is 1.64. The molecule has 120 valence electrons. The van der Waals surface area contributed by atoms with Crippen molar-refractivity contribution in [3.63, 3.8) is 0 Å². The number of nitrogens with one attached hydrogen (secondary N) is 2. The van der Waals surface area contributed by atoms with E-state index in [9.17, 15) is 14.4 Å². The topological polar surface area (TPSA) is 88.2 Å². The number of carbonyl (C=O) groups is 3. The molecular weight excluding hydrogens is 326 g/mol. The maximum atomic E-state index is 12.4. The molecule has 0 aliphatic heterocycles. The van der Waals surface area contributed by atoms with Gasteiger partial charge in [-0.2, -0.15) is 0 Å². The minimum atomic E-state index is -0.395. The first-order valence-corrected chi connectivity index (χ1v) is 7.92. The Morgan fingerprint density at radius 3 is 2.62 bits per heavy atom. The SMILES string of the molecule is CNC(=O)c1cc(NC(=O)c2nc3ccccc3s2)ccc1C=O. The van der Waals surface area contributed by atoms with Crippen molar-refractivity contribution in [3.05, 3.63) is 58.6 Å². The Bertz CT molecular complexity index is 916. The zero-order chi connectivity index (χ0) is 17.1. The van der Waals surface area contributed by atoms with Gasteiger partial charge in [-0.25, -0.2) is 4.98 Å². The predicted molar refractivity (Wildman–Crippen MR) is 92.8 cm³/mol. The smallest absolute Gasteiger partial charge is 0.284 e. The van der Waals surface area contributed by atoms with Crippen LogP contribution in [0.1, 0.15) is 30.5 Å². The largest absolute Gasteiger partial charge is 0.355 e. The summed E-state index contributed by atoms with van der Waals surface area (Å²) in [5.74, 6) is -0.758. The number of rotatable bonds is 4. The van der Waals surface area contributed by atoms with Crippen molar-refractivity contribution in [2.24, 2.45) is 0 Å². The number of hydrogen-bond donors (Lipinski definition) is 2. The van der Waals surface area contributed by atoms with Gasteiger partial charge in [-0.1, -0.05) is 12.1 Å². The summed E-state index contributed by atoms with van der Waals surface area (Å²) in [6, 6.07) is 12.0. The third kappa shape index (κ3) is 3.02. The fourth-order valence-corrected chi connectivity index (χ4v) is 3.08. The standard InChI is InChI=1S/C17H13N3O3S/c1-18-15(22)12-8-11(7-6-10(12)9-21)19-16(23)17-20-13-4-2-3-5-14(13)24-17/h2-9H,1H3,(H,18,22)(H,19,23). The van der Waals surface area contributed by atoms with Crippen molar-refractivity contribution >= 4 is 45.3 Å². The van der Waals surface area contributed by atoms with Gasteiger partial charge in [0.25, 0.3) is 11.8 Å². The highest BCUT2D eigenvalue weighted by molar-refractivity contribution is 7.20. The van der Waals surface area contributed by atoms with Crippen molar-refractivity contribution < 1.29 is 14.4 Å². The number of para-hydroxylation sites is 1. The van der Waals surface area contributed by atoms with Crippen LogP contribution in [0.4, 0.5) is 5.69 Å². The van der Waals surface area contributed by atoms with E-state index in [4.69, 9.17) is 0 Å². The van der Waals surface area contributed by atoms with Gasteiger partial charge >= 0.3 is 0 Å². The van der Waals surface area contributed by atoms with Crippen LogP contribution in [-0.2, 0) is 0 Å². The van der Waals surface area contributed by atoms with E-state index in [1.54, 1.807) is 6.07 Å². The van der Waals surface area contributed by atoms with Crippen molar-refractivity contribution in [2.45, 2.75) is 0 Å². The lowest BCUT2D eigenvalue weighted by atomic mass is 10.1. The molecule has 3 rings (SSSR count). The Morgan fingerprint density at radius 2 is 1.92 bits per heavy atom. The average Bonchev–Trinajstić information content (AvgIpc) is 3.05. The van der Waals surface area contributed by atoms with Crippen LogP contribution in [0.2, 0.25) is 0 Å². The van der Waals surface area contributed by atoms with Crippen LogP contribution in [-0.4, -0.2) is 30.1 Å². The lowest BCUT2D eigenvalue weighted by Gasteiger charge is -2.08. The average molecular weight is 339 g/mol. The summed E-state index contributed by atoms with van der Waals surface area (Å²) < 4.78 is 0.921. The molecule has 0 atom stereocenters. The highest BCUT2D eigenvalue weighted by Gasteiger charge is 2.15. The molecule has 7 heteroatoms. The van der Waals surface area contributed by atoms with Gasteiger partial charge in [0.2, 0.25) is 0 Å². The second kappa shape index (κ2) is 6.59. The first-order valence-electron chi connectivity index (χ1n) is 7.10. The van der Waals surface area contributed by atoms with Crippen molar-refractivity contribution in [1.82, 2.24) is 10.3 Å². The molecule has 2 amide bonds. The first kappa shape index (κ1) is 15.8. The number of hydrogen-bond acceptors (Lipinski definition) is 5. The lowest BCUT2D eigenvalue weighted by Crippen LogP contribution is -2.20. The van der Waals surface area contributed by atoms with Gasteiger partial charge in [-0.15, -0.1) is 11.3 Å². The van der Waals surface area contributed by atoms with Crippen LogP contribution in [0.5, 0.6) is 0 Å². The Hall–Kier alpha value is -3.06. The number of thiazole rings is 1. The van der Waals surface area contributed by atoms with Crippen LogP contribution >= 0.6 is 11.3 Å². The van der Waals surface area contributed by atoms with Gasteiger partial charge in [0.1, 0.15) is 0 Å². The van der Waals surface area contributed by atoms with E-state index < -0.39 is 5.91 Å². The monoisotopic (exact) mass is 339 g/mol. The van der Waals surface area contributed by atoms with Crippen molar-refractivity contribution in [3.8, 4) is 0 Å². The Morgan fingerprint density at radius 1 is 1.12 bits per heavy atom. The number of carbonyl (C=O) groups excluding carboxylic acids is 3. The molecule has 0 fully saturated rings. The third-order valence-corrected chi connectivity index (χ3v) is 4.43. The van der Waals surface area contributed by atoms with E-state index in [0.29, 0.717) is 17.0 Å². The molecule has 0 aliphatic carbocycles. The van der Waals surface area contributed by atoms with Gasteiger partial charge in [0, 0.05) is 18.3 Å². The van der Waals surface area contributed by atoms with Crippen LogP contribution < -0.4 is 10.6 Å². The van der Waals surface area contributed by atoms with E-state index in [2.05, 4.69) is 15.6 Å². The number of amides is 2. The van der Waals surface area contributed by atoms with E-state index in [1.807, 2.05) is 24.3 Å². The fraction of sp³-hybridized carbons (Fsp3) is 0.0588. The molecule has 6 nitrogen and oxygen atoms in total. The second-order valence-electron chi connectivity index (χ2n) is 4.94. The van der Waals surface area contributed by atoms with Crippen LogP contribution in [0.25, 0.3) is 10.2 Å². The van der Waals surface area contributed by atoms with E-state index in [0.717, 1.165) is 10.2 Å². The van der Waals surface area contributed by atoms with Crippen molar-refractivity contribution in [2.75, 3.05) is 12.4 Å². The molecule has 1 heterocycles. The molecule has 0 bridgehead atoms. The van der Waals surface area contributed by atoms with E-state index in [1.165, 1.54) is 30.5 Å². The summed E-state index contributed by atoms with van der Waals surface area (Å²) in [7, 11) is 1.48. The van der Waals surface area contributed by atoms with E-state index in [-0.39, 0.29) is 17.0 Å². The Balaban J connectivity index is 1.88. The third-order valence-electron chi connectivity index (χ3n) is 3.40. The summed E-state index contributed by atoms with van der Waals surface area (Å²) in [6.07, 6.45) is 0.601. The minimum absolute atomic E-state index is 0.203. The number of fused-ring (bicyclic) bond motifs is 1. The zero-order valence-corrected chi connectivity index (χ0v) is 13.5. The number of nitrogens with zero attached hydrogens (tertiary/aromatic N) is 1. The molecule has 2 N–H and O–H groups in total. The molecule has 3 aromatic rings. The maximum Gasteiger partial charge on any atom is 0.284 e. The molecule has 24 heavy (non-hydrogen) atoms. The number of benzene rings is 2. The maximum absolute atomic E-state index is 12.4. The molecular formula is C17H13N3O3S. The highest BCUT2D eigenvalue weighted by atomic mass is 32.1. The van der Waals surface area contributed by atoms with Gasteiger partial charge in [0.15, 0.2) is 11.3 Å². The summed E-state index contributed by atoms with van der Waals surface area (Å²) >= 11 is 1.29. The first-order chi connectivity index (χ1) is 11.6. The zero-order valence-electron chi connectivity index (χ0n) is 12.7. The molecule has 0 saturated heterocycles. The summed E-state index contributed by atoms with van der Waals surface area (Å²) in [5, 5.41) is 5.50. The predicted octanol–water partition coefficient (Wildman–Crippen LogP) is 2.72. The lowest BCUT2D eigenvalue weighted by molar-refractivity contribution is 0.0956. The highest BCUT2D eigenvalue weighted by Crippen LogP contribution is 2.23. The number of aldehydes is 1. The molecule has 0 radical (unpaired) electrons. The van der Waals surface area contributed by atoms with Gasteiger partial charge in [-0.3, -0.25) is 14.4 Å². The van der Waals surface area contributed by atoms with Crippen molar-refractivity contribution in [1.29, 1.82) is 0 Å². The summed E-state index contributed by atoms with van der Waals surface area (Å²) in [4.78, 5) is 39.5. The molecule has 0 aliphatic rings. The molecule has 0 spiro atoms. The molecule has 0 saturated carbocycles. The fourth-order valence-electron chi connectivity index (χ4n) is 2.22. The second-order valence-corrected chi connectivity index (χ2v) is 5.97. The van der Waals surface area contributed by atoms with Crippen LogP contribution in [0, 0.1) is 0 Å². The summed E-state index contributed by atoms with van der Waals surface area (Å²) in [6.45, 7) is 0. The van der Waals surface area contributed by atoms with Gasteiger partial charge in [0.05, 0.1) is 15.8 Å². The van der Waals surface area contributed by atoms with Gasteiger partial charge < -0.3 is 10.6 Å². The molecule has 2 aromatic carbocycles. The molecule has 0 unspecified atom stereocenters. The van der Waals surface area contributed by atoms with Crippen LogP contribution in [0.15, 0.2) is 42.5 Å². The van der Waals surface area contributed by atoms with Gasteiger partial charge in [-0.05, 0) is 30.3 Å². The quantitative estimate of drug-likeness (QED) is 0.715. The minimum Gasteiger partial charge on any atom is -0.355 e. The molecule has 1 aromatic heterocycles. The number of anilines is 1.